The highest BCUT2D eigenvalue weighted by Gasteiger charge is 2.32. The fourth-order valence-corrected chi connectivity index (χ4v) is 4.18. The van der Waals surface area contributed by atoms with Crippen LogP contribution in [0.2, 0.25) is 0 Å². The normalized spacial score (nSPS) is 15.9. The number of anilines is 1. The molecule has 0 spiro atoms. The molecule has 0 saturated heterocycles. The van der Waals surface area contributed by atoms with Gasteiger partial charge in [-0.25, -0.2) is 18.7 Å². The second-order valence-corrected chi connectivity index (χ2v) is 9.42. The van der Waals surface area contributed by atoms with Crippen LogP contribution in [0.1, 0.15) is 67.5 Å². The molecular weight excluding hydrogens is 398 g/mol. The molecule has 0 bridgehead atoms. The number of aliphatic hydroxyl groups is 1. The quantitative estimate of drug-likeness (QED) is 0.617. The molecule has 0 aromatic carbocycles. The third kappa shape index (κ3) is 5.08. The van der Waals surface area contributed by atoms with E-state index in [0.29, 0.717) is 16.4 Å². The van der Waals surface area contributed by atoms with Crippen LogP contribution in [0.15, 0.2) is 12.3 Å². The Bertz CT molecular complexity index is 904. The van der Waals surface area contributed by atoms with E-state index in [4.69, 9.17) is 0 Å². The Hall–Kier alpha value is -2.13. The van der Waals surface area contributed by atoms with Gasteiger partial charge < -0.3 is 15.7 Å². The summed E-state index contributed by atoms with van der Waals surface area (Å²) in [5, 5.41) is 15.8. The molecule has 2 heterocycles. The van der Waals surface area contributed by atoms with Crippen LogP contribution in [0.25, 0.3) is 10.4 Å². The lowest BCUT2D eigenvalue weighted by molar-refractivity contribution is 0.0694. The Labute approximate surface area is 172 Å². The second-order valence-electron chi connectivity index (χ2n) is 8.43. The zero-order valence-corrected chi connectivity index (χ0v) is 17.8. The van der Waals surface area contributed by atoms with Crippen LogP contribution in [0, 0.1) is 6.92 Å². The van der Waals surface area contributed by atoms with Gasteiger partial charge in [0.1, 0.15) is 5.82 Å². The summed E-state index contributed by atoms with van der Waals surface area (Å²) in [5.74, 6) is -0.0224. The number of halogens is 2. The largest absolute Gasteiger partial charge is 0.389 e. The number of aryl methyl sites for hydroxylation is 1. The van der Waals surface area contributed by atoms with Gasteiger partial charge in [0.15, 0.2) is 5.01 Å². The van der Waals surface area contributed by atoms with Crippen LogP contribution in [0.4, 0.5) is 14.6 Å². The fourth-order valence-electron chi connectivity index (χ4n) is 3.17. The van der Waals surface area contributed by atoms with Crippen molar-refractivity contribution >= 4 is 23.1 Å². The fraction of sp³-hybridized carbons (Fsp3) is 0.550. The van der Waals surface area contributed by atoms with E-state index in [2.05, 4.69) is 27.5 Å². The van der Waals surface area contributed by atoms with Crippen molar-refractivity contribution in [2.75, 3.05) is 11.9 Å². The molecule has 29 heavy (non-hydrogen) atoms. The Balaban J connectivity index is 1.87. The zero-order chi connectivity index (χ0) is 21.4. The SMILES string of the molecule is Cc1nc(C(=O)NCC(C)(C)O)sc1-c1cnc(NC2(C)CCC2)cc1C(F)F. The maximum atomic E-state index is 13.8. The molecule has 1 fully saturated rings. The number of carbonyl (C=O) groups is 1. The lowest BCUT2D eigenvalue weighted by Gasteiger charge is -2.39. The van der Waals surface area contributed by atoms with Gasteiger partial charge in [0.05, 0.1) is 16.2 Å². The maximum Gasteiger partial charge on any atom is 0.280 e. The molecule has 3 rings (SSSR count). The summed E-state index contributed by atoms with van der Waals surface area (Å²) in [6.07, 6.45) is 1.82. The average Bonchev–Trinajstić information content (AvgIpc) is 2.99. The Morgan fingerprint density at radius 2 is 2.10 bits per heavy atom. The summed E-state index contributed by atoms with van der Waals surface area (Å²) in [6.45, 7) is 6.94. The summed E-state index contributed by atoms with van der Waals surface area (Å²) in [7, 11) is 0. The molecule has 1 amide bonds. The number of alkyl halides is 2. The first-order valence-electron chi connectivity index (χ1n) is 9.52. The topological polar surface area (TPSA) is 87.1 Å². The summed E-state index contributed by atoms with van der Waals surface area (Å²) >= 11 is 1.04. The third-order valence-electron chi connectivity index (χ3n) is 4.98. The van der Waals surface area contributed by atoms with Gasteiger partial charge >= 0.3 is 0 Å². The number of thiazole rings is 1. The highest BCUT2D eigenvalue weighted by molar-refractivity contribution is 7.17. The van der Waals surface area contributed by atoms with Gasteiger partial charge in [-0.2, -0.15) is 0 Å². The van der Waals surface area contributed by atoms with Crippen molar-refractivity contribution in [3.05, 3.63) is 28.5 Å². The molecule has 0 radical (unpaired) electrons. The molecule has 2 aromatic rings. The number of hydrogen-bond acceptors (Lipinski definition) is 6. The number of nitrogens with zero attached hydrogens (tertiary/aromatic N) is 2. The van der Waals surface area contributed by atoms with Crippen molar-refractivity contribution in [2.24, 2.45) is 0 Å². The number of pyridine rings is 1. The zero-order valence-electron chi connectivity index (χ0n) is 17.0. The molecule has 158 valence electrons. The first-order valence-corrected chi connectivity index (χ1v) is 10.3. The molecule has 6 nitrogen and oxygen atoms in total. The summed E-state index contributed by atoms with van der Waals surface area (Å²) < 4.78 is 27.6. The van der Waals surface area contributed by atoms with E-state index in [1.54, 1.807) is 20.8 Å². The van der Waals surface area contributed by atoms with Crippen LogP contribution >= 0.6 is 11.3 Å². The lowest BCUT2D eigenvalue weighted by atomic mass is 9.78. The van der Waals surface area contributed by atoms with Crippen LogP contribution in [-0.2, 0) is 0 Å². The van der Waals surface area contributed by atoms with Gasteiger partial charge in [-0.3, -0.25) is 4.79 Å². The third-order valence-corrected chi connectivity index (χ3v) is 6.16. The molecule has 1 aliphatic carbocycles. The van der Waals surface area contributed by atoms with Gasteiger partial charge in [0, 0.05) is 29.4 Å². The second kappa shape index (κ2) is 7.95. The standard InChI is InChI=1S/C20H26F2N4O2S/c1-11-15(29-18(25-11)17(27)24-10-19(2,3)28)13-9-23-14(8-12(13)16(21)22)26-20(4)6-5-7-20/h8-9,16,28H,5-7,10H2,1-4H3,(H,23,26)(H,24,27). The average molecular weight is 425 g/mol. The van der Waals surface area contributed by atoms with Crippen molar-refractivity contribution in [3.8, 4) is 10.4 Å². The van der Waals surface area contributed by atoms with Crippen molar-refractivity contribution in [1.29, 1.82) is 0 Å². The predicted molar refractivity (Wildman–Crippen MR) is 110 cm³/mol. The molecule has 0 atom stereocenters. The van der Waals surface area contributed by atoms with Gasteiger partial charge in [0.2, 0.25) is 0 Å². The van der Waals surface area contributed by atoms with E-state index in [9.17, 15) is 18.7 Å². The monoisotopic (exact) mass is 424 g/mol. The summed E-state index contributed by atoms with van der Waals surface area (Å²) in [6, 6.07) is 1.39. The molecule has 9 heteroatoms. The summed E-state index contributed by atoms with van der Waals surface area (Å²) in [4.78, 5) is 21.4. The highest BCUT2D eigenvalue weighted by atomic mass is 32.1. The lowest BCUT2D eigenvalue weighted by Crippen LogP contribution is -2.41. The van der Waals surface area contributed by atoms with Crippen LogP contribution in [-0.4, -0.2) is 38.7 Å². The minimum absolute atomic E-state index is 0.0583. The van der Waals surface area contributed by atoms with E-state index in [1.807, 2.05) is 0 Å². The molecule has 2 aromatic heterocycles. The first kappa shape index (κ1) is 21.6. The molecule has 1 aliphatic rings. The van der Waals surface area contributed by atoms with Crippen LogP contribution < -0.4 is 10.6 Å². The predicted octanol–water partition coefficient (Wildman–Crippen LogP) is 4.31. The van der Waals surface area contributed by atoms with Gasteiger partial charge in [-0.05, 0) is 53.0 Å². The number of nitrogens with one attached hydrogen (secondary N) is 2. The van der Waals surface area contributed by atoms with Crippen molar-refractivity contribution in [2.45, 2.75) is 64.5 Å². The minimum atomic E-state index is -2.68. The molecule has 1 saturated carbocycles. The molecule has 3 N–H and O–H groups in total. The van der Waals surface area contributed by atoms with E-state index >= 15 is 0 Å². The van der Waals surface area contributed by atoms with Crippen molar-refractivity contribution in [3.63, 3.8) is 0 Å². The van der Waals surface area contributed by atoms with Crippen molar-refractivity contribution < 1.29 is 18.7 Å². The Morgan fingerprint density at radius 1 is 1.41 bits per heavy atom. The van der Waals surface area contributed by atoms with E-state index < -0.39 is 17.9 Å². The molecule has 0 unspecified atom stereocenters. The minimum Gasteiger partial charge on any atom is -0.389 e. The number of amides is 1. The molecule has 0 aliphatic heterocycles. The highest BCUT2D eigenvalue weighted by Crippen LogP contribution is 2.39. The van der Waals surface area contributed by atoms with E-state index in [1.165, 1.54) is 12.3 Å². The summed E-state index contributed by atoms with van der Waals surface area (Å²) in [5.41, 5.74) is -0.530. The Kier molecular flexibility index (Phi) is 5.91. The number of rotatable bonds is 7. The van der Waals surface area contributed by atoms with Crippen LogP contribution in [0.5, 0.6) is 0 Å². The number of aromatic nitrogens is 2. The van der Waals surface area contributed by atoms with Gasteiger partial charge in [-0.1, -0.05) is 0 Å². The number of hydrogen-bond donors (Lipinski definition) is 3. The Morgan fingerprint density at radius 3 is 2.66 bits per heavy atom. The molecular formula is C20H26F2N4O2S. The number of carbonyl (C=O) groups excluding carboxylic acids is 1. The maximum absolute atomic E-state index is 13.8. The van der Waals surface area contributed by atoms with Crippen LogP contribution in [0.3, 0.4) is 0 Å². The van der Waals surface area contributed by atoms with Gasteiger partial charge in [-0.15, -0.1) is 11.3 Å². The smallest absolute Gasteiger partial charge is 0.280 e. The van der Waals surface area contributed by atoms with Gasteiger partial charge in [0.25, 0.3) is 12.3 Å². The van der Waals surface area contributed by atoms with Crippen molar-refractivity contribution in [1.82, 2.24) is 15.3 Å². The first-order chi connectivity index (χ1) is 13.5. The van der Waals surface area contributed by atoms with E-state index in [-0.39, 0.29) is 28.2 Å². The van der Waals surface area contributed by atoms with E-state index in [0.717, 1.165) is 30.6 Å².